The van der Waals surface area contributed by atoms with Crippen molar-refractivity contribution in [1.29, 1.82) is 0 Å². The van der Waals surface area contributed by atoms with E-state index in [1.807, 2.05) is 0 Å². The zero-order chi connectivity index (χ0) is 11.4. The third kappa shape index (κ3) is 5.64. The summed E-state index contributed by atoms with van der Waals surface area (Å²) >= 11 is 0. The van der Waals surface area contributed by atoms with Crippen LogP contribution in [0.15, 0.2) is 0 Å². The highest BCUT2D eigenvalue weighted by Gasteiger charge is 2.23. The molecule has 1 nitrogen and oxygen atoms in total. The summed E-state index contributed by atoms with van der Waals surface area (Å²) in [4.78, 5) is 2.47. The Morgan fingerprint density at radius 2 is 1.57 bits per heavy atom. The summed E-state index contributed by atoms with van der Waals surface area (Å²) in [6, 6.07) is 0. The van der Waals surface area contributed by atoms with Crippen LogP contribution in [0.25, 0.3) is 0 Å². The maximum Gasteiger partial charge on any atom is 0.00321 e. The molecule has 0 rings (SSSR count). The van der Waals surface area contributed by atoms with Crippen LogP contribution in [0.3, 0.4) is 0 Å². The Balaban J connectivity index is 3.87. The van der Waals surface area contributed by atoms with Crippen LogP contribution in [0.4, 0.5) is 0 Å². The quantitative estimate of drug-likeness (QED) is 0.631. The van der Waals surface area contributed by atoms with Crippen LogP contribution >= 0.6 is 0 Å². The van der Waals surface area contributed by atoms with E-state index in [9.17, 15) is 0 Å². The average Bonchev–Trinajstić information content (AvgIpc) is 1.99. The smallest absolute Gasteiger partial charge is 0.00321 e. The Hall–Kier alpha value is -0.0400. The maximum atomic E-state index is 2.47. The standard InChI is InChI=1S/C13H29N/c1-11(2)8-9-14(7)10-13(5,6)12(3)4/h11-12H,8-10H2,1-7H3. The van der Waals surface area contributed by atoms with E-state index in [1.165, 1.54) is 19.5 Å². The van der Waals surface area contributed by atoms with E-state index in [2.05, 4.69) is 53.5 Å². The lowest BCUT2D eigenvalue weighted by molar-refractivity contribution is 0.151. The van der Waals surface area contributed by atoms with E-state index >= 15 is 0 Å². The van der Waals surface area contributed by atoms with E-state index in [0.717, 1.165) is 11.8 Å². The molecular formula is C13H29N. The van der Waals surface area contributed by atoms with Crippen LogP contribution in [0.2, 0.25) is 0 Å². The molecule has 0 heterocycles. The van der Waals surface area contributed by atoms with Gasteiger partial charge in [0.2, 0.25) is 0 Å². The van der Waals surface area contributed by atoms with Crippen molar-refractivity contribution in [2.75, 3.05) is 20.1 Å². The molecule has 0 aromatic carbocycles. The first-order chi connectivity index (χ1) is 6.25. The predicted octanol–water partition coefficient (Wildman–Crippen LogP) is 3.65. The van der Waals surface area contributed by atoms with Gasteiger partial charge < -0.3 is 4.90 Å². The van der Waals surface area contributed by atoms with Gasteiger partial charge in [-0.3, -0.25) is 0 Å². The highest BCUT2D eigenvalue weighted by Crippen LogP contribution is 2.26. The monoisotopic (exact) mass is 199 g/mol. The van der Waals surface area contributed by atoms with E-state index in [1.54, 1.807) is 0 Å². The van der Waals surface area contributed by atoms with Crippen molar-refractivity contribution in [3.63, 3.8) is 0 Å². The first-order valence-electron chi connectivity index (χ1n) is 5.94. The molecule has 0 spiro atoms. The van der Waals surface area contributed by atoms with Gasteiger partial charge in [0.15, 0.2) is 0 Å². The summed E-state index contributed by atoms with van der Waals surface area (Å²) in [7, 11) is 2.24. The highest BCUT2D eigenvalue weighted by atomic mass is 15.1. The minimum Gasteiger partial charge on any atom is -0.306 e. The van der Waals surface area contributed by atoms with Crippen molar-refractivity contribution in [1.82, 2.24) is 4.90 Å². The van der Waals surface area contributed by atoms with Crippen LogP contribution in [0.1, 0.15) is 48.0 Å². The van der Waals surface area contributed by atoms with Gasteiger partial charge in [-0.2, -0.15) is 0 Å². The lowest BCUT2D eigenvalue weighted by atomic mass is 9.81. The van der Waals surface area contributed by atoms with E-state index in [0.29, 0.717) is 5.41 Å². The Morgan fingerprint density at radius 1 is 1.07 bits per heavy atom. The first-order valence-corrected chi connectivity index (χ1v) is 5.94. The molecule has 0 bridgehead atoms. The Bertz CT molecular complexity index is 147. The number of nitrogens with zero attached hydrogens (tertiary/aromatic N) is 1. The van der Waals surface area contributed by atoms with Gasteiger partial charge in [0, 0.05) is 6.54 Å². The summed E-state index contributed by atoms with van der Waals surface area (Å²) in [6.07, 6.45) is 1.31. The van der Waals surface area contributed by atoms with Gasteiger partial charge in [0.1, 0.15) is 0 Å². The van der Waals surface area contributed by atoms with Crippen LogP contribution in [-0.4, -0.2) is 25.0 Å². The largest absolute Gasteiger partial charge is 0.306 e. The Kier molecular flexibility index (Phi) is 5.73. The molecule has 14 heavy (non-hydrogen) atoms. The van der Waals surface area contributed by atoms with Gasteiger partial charge in [-0.25, -0.2) is 0 Å². The van der Waals surface area contributed by atoms with Crippen molar-refractivity contribution < 1.29 is 0 Å². The molecule has 0 amide bonds. The number of hydrogen-bond donors (Lipinski definition) is 0. The molecule has 0 saturated heterocycles. The third-order valence-electron chi connectivity index (χ3n) is 3.33. The fourth-order valence-corrected chi connectivity index (χ4v) is 1.44. The van der Waals surface area contributed by atoms with Gasteiger partial charge >= 0.3 is 0 Å². The Morgan fingerprint density at radius 3 is 1.93 bits per heavy atom. The molecule has 0 aromatic heterocycles. The second-order valence-corrected chi connectivity index (χ2v) is 6.06. The molecule has 0 aliphatic carbocycles. The highest BCUT2D eigenvalue weighted by molar-refractivity contribution is 4.75. The molecule has 0 aliphatic heterocycles. The molecule has 0 radical (unpaired) electrons. The zero-order valence-electron chi connectivity index (χ0n) is 11.2. The molecule has 0 saturated carbocycles. The molecule has 0 N–H and O–H groups in total. The molecular weight excluding hydrogens is 170 g/mol. The minimum absolute atomic E-state index is 0.436. The summed E-state index contributed by atoms with van der Waals surface area (Å²) in [6.45, 7) is 16.4. The third-order valence-corrected chi connectivity index (χ3v) is 3.33. The average molecular weight is 199 g/mol. The normalized spacial score (nSPS) is 13.3. The van der Waals surface area contributed by atoms with Crippen LogP contribution in [0.5, 0.6) is 0 Å². The van der Waals surface area contributed by atoms with Crippen LogP contribution in [-0.2, 0) is 0 Å². The molecule has 0 unspecified atom stereocenters. The molecule has 86 valence electrons. The van der Waals surface area contributed by atoms with Crippen molar-refractivity contribution in [3.05, 3.63) is 0 Å². The minimum atomic E-state index is 0.436. The van der Waals surface area contributed by atoms with E-state index < -0.39 is 0 Å². The predicted molar refractivity (Wildman–Crippen MR) is 65.6 cm³/mol. The molecule has 0 fully saturated rings. The lowest BCUT2D eigenvalue weighted by Gasteiger charge is -2.34. The van der Waals surface area contributed by atoms with Gasteiger partial charge in [-0.05, 0) is 37.3 Å². The van der Waals surface area contributed by atoms with Crippen LogP contribution in [0, 0.1) is 17.3 Å². The molecule has 0 aliphatic rings. The van der Waals surface area contributed by atoms with E-state index in [-0.39, 0.29) is 0 Å². The SMILES string of the molecule is CC(C)CCN(C)CC(C)(C)C(C)C. The summed E-state index contributed by atoms with van der Waals surface area (Å²) in [5, 5.41) is 0. The van der Waals surface area contributed by atoms with Crippen molar-refractivity contribution in [2.45, 2.75) is 48.0 Å². The topological polar surface area (TPSA) is 3.24 Å². The van der Waals surface area contributed by atoms with Gasteiger partial charge in [0.25, 0.3) is 0 Å². The zero-order valence-corrected chi connectivity index (χ0v) is 11.2. The molecule has 0 aromatic rings. The van der Waals surface area contributed by atoms with Crippen LogP contribution < -0.4 is 0 Å². The van der Waals surface area contributed by atoms with Gasteiger partial charge in [-0.1, -0.05) is 41.5 Å². The van der Waals surface area contributed by atoms with Crippen molar-refractivity contribution in [3.8, 4) is 0 Å². The van der Waals surface area contributed by atoms with Gasteiger partial charge in [-0.15, -0.1) is 0 Å². The second-order valence-electron chi connectivity index (χ2n) is 6.06. The van der Waals surface area contributed by atoms with E-state index in [4.69, 9.17) is 0 Å². The fraction of sp³-hybridized carbons (Fsp3) is 1.00. The van der Waals surface area contributed by atoms with Gasteiger partial charge in [0.05, 0.1) is 0 Å². The lowest BCUT2D eigenvalue weighted by Crippen LogP contribution is -2.35. The van der Waals surface area contributed by atoms with Crippen molar-refractivity contribution in [2.24, 2.45) is 17.3 Å². The molecule has 0 atom stereocenters. The maximum absolute atomic E-state index is 2.47. The summed E-state index contributed by atoms with van der Waals surface area (Å²) in [5.74, 6) is 1.57. The Labute approximate surface area is 90.9 Å². The second kappa shape index (κ2) is 5.75. The fourth-order valence-electron chi connectivity index (χ4n) is 1.44. The first kappa shape index (κ1) is 14.0. The van der Waals surface area contributed by atoms with Crippen molar-refractivity contribution >= 4 is 0 Å². The molecule has 1 heteroatoms. The number of hydrogen-bond acceptors (Lipinski definition) is 1. The number of rotatable bonds is 6. The summed E-state index contributed by atoms with van der Waals surface area (Å²) in [5.41, 5.74) is 0.436. The summed E-state index contributed by atoms with van der Waals surface area (Å²) < 4.78 is 0.